The topological polar surface area (TPSA) is 106 Å². The van der Waals surface area contributed by atoms with Crippen LogP contribution in [0.1, 0.15) is 32.1 Å². The number of nitrogens with one attached hydrogen (secondary N) is 2. The van der Waals surface area contributed by atoms with Gasteiger partial charge in [0.25, 0.3) is 5.91 Å². The van der Waals surface area contributed by atoms with Gasteiger partial charge in [0.2, 0.25) is 12.0 Å². The fraction of sp³-hybridized carbons (Fsp3) is 0.294. The molecule has 2 N–H and O–H groups in total. The van der Waals surface area contributed by atoms with Gasteiger partial charge in [0.1, 0.15) is 5.76 Å². The third-order valence-corrected chi connectivity index (χ3v) is 3.22. The Morgan fingerprint density at radius 1 is 1.20 bits per heavy atom. The molecule has 1 heterocycles. The van der Waals surface area contributed by atoms with Gasteiger partial charge in [-0.05, 0) is 38.5 Å². The summed E-state index contributed by atoms with van der Waals surface area (Å²) in [5.74, 6) is 0.405. The van der Waals surface area contributed by atoms with Crippen molar-refractivity contribution in [2.24, 2.45) is 5.16 Å². The van der Waals surface area contributed by atoms with E-state index < -0.39 is 6.10 Å². The molecule has 1 atom stereocenters. The second-order valence-corrected chi connectivity index (χ2v) is 5.49. The minimum absolute atomic E-state index is 0.136. The van der Waals surface area contributed by atoms with E-state index >= 15 is 0 Å². The molecule has 2 aromatic rings. The van der Waals surface area contributed by atoms with Gasteiger partial charge in [-0.2, -0.15) is 0 Å². The zero-order chi connectivity index (χ0) is 18.4. The van der Waals surface area contributed by atoms with E-state index in [2.05, 4.69) is 20.9 Å². The summed E-state index contributed by atoms with van der Waals surface area (Å²) >= 11 is 0. The van der Waals surface area contributed by atoms with Crippen molar-refractivity contribution in [1.29, 1.82) is 0 Å². The molecule has 132 valence electrons. The SMILES string of the molecule is CC(=O)Nc1ccc(/C(C)=N\O[C@H](C)C(=O)Nc2cc(C)on2)cc1. The van der Waals surface area contributed by atoms with Gasteiger partial charge in [-0.15, -0.1) is 0 Å². The number of carbonyl (C=O) groups is 2. The molecule has 0 fully saturated rings. The van der Waals surface area contributed by atoms with Gasteiger partial charge in [-0.3, -0.25) is 9.59 Å². The molecule has 0 radical (unpaired) electrons. The first-order chi connectivity index (χ1) is 11.8. The summed E-state index contributed by atoms with van der Waals surface area (Å²) < 4.78 is 4.88. The highest BCUT2D eigenvalue weighted by molar-refractivity contribution is 5.99. The number of anilines is 2. The van der Waals surface area contributed by atoms with E-state index in [4.69, 9.17) is 9.36 Å². The van der Waals surface area contributed by atoms with Crippen LogP contribution in [0.4, 0.5) is 11.5 Å². The number of aromatic nitrogens is 1. The van der Waals surface area contributed by atoms with Crippen LogP contribution in [0.3, 0.4) is 0 Å². The summed E-state index contributed by atoms with van der Waals surface area (Å²) in [5.41, 5.74) is 2.11. The van der Waals surface area contributed by atoms with Gasteiger partial charge in [-0.1, -0.05) is 22.4 Å². The van der Waals surface area contributed by atoms with Crippen LogP contribution in [0, 0.1) is 6.92 Å². The van der Waals surface area contributed by atoms with Crippen LogP contribution in [0.15, 0.2) is 40.0 Å². The molecule has 0 bridgehead atoms. The summed E-state index contributed by atoms with van der Waals surface area (Å²) in [6.45, 7) is 6.52. The normalized spacial score (nSPS) is 12.4. The smallest absolute Gasteiger partial charge is 0.269 e. The number of amides is 2. The number of rotatable bonds is 6. The number of oxime groups is 1. The molecule has 0 aliphatic rings. The summed E-state index contributed by atoms with van der Waals surface area (Å²) in [4.78, 5) is 28.2. The fourth-order valence-electron chi connectivity index (χ4n) is 1.91. The number of carbonyl (C=O) groups excluding carboxylic acids is 2. The van der Waals surface area contributed by atoms with E-state index in [1.165, 1.54) is 6.92 Å². The van der Waals surface area contributed by atoms with E-state index in [1.54, 1.807) is 51.1 Å². The molecule has 8 heteroatoms. The summed E-state index contributed by atoms with van der Waals surface area (Å²) in [5, 5.41) is 12.9. The second-order valence-electron chi connectivity index (χ2n) is 5.49. The molecule has 0 spiro atoms. The lowest BCUT2D eigenvalue weighted by atomic mass is 10.1. The first-order valence-electron chi connectivity index (χ1n) is 7.68. The zero-order valence-electron chi connectivity index (χ0n) is 14.5. The molecule has 1 aromatic heterocycles. The molecule has 8 nitrogen and oxygen atoms in total. The number of hydrogen-bond acceptors (Lipinski definition) is 6. The van der Waals surface area contributed by atoms with E-state index in [0.29, 0.717) is 23.0 Å². The summed E-state index contributed by atoms with van der Waals surface area (Å²) in [7, 11) is 0. The predicted molar refractivity (Wildman–Crippen MR) is 93.4 cm³/mol. The third-order valence-electron chi connectivity index (χ3n) is 3.22. The lowest BCUT2D eigenvalue weighted by molar-refractivity contribution is -0.126. The maximum absolute atomic E-state index is 12.0. The average Bonchev–Trinajstić information content (AvgIpc) is 2.97. The van der Waals surface area contributed by atoms with Crippen LogP contribution < -0.4 is 10.6 Å². The lowest BCUT2D eigenvalue weighted by Crippen LogP contribution is -2.26. The highest BCUT2D eigenvalue weighted by Gasteiger charge is 2.16. The van der Waals surface area contributed by atoms with E-state index in [-0.39, 0.29) is 11.8 Å². The Hall–Kier alpha value is -3.16. The van der Waals surface area contributed by atoms with Gasteiger partial charge in [0, 0.05) is 18.7 Å². The van der Waals surface area contributed by atoms with Gasteiger partial charge in [-0.25, -0.2) is 0 Å². The Morgan fingerprint density at radius 3 is 2.44 bits per heavy atom. The molecule has 25 heavy (non-hydrogen) atoms. The third kappa shape index (κ3) is 5.45. The Morgan fingerprint density at radius 2 is 1.88 bits per heavy atom. The Kier molecular flexibility index (Phi) is 5.89. The minimum Gasteiger partial charge on any atom is -0.382 e. The van der Waals surface area contributed by atoms with Gasteiger partial charge in [0.15, 0.2) is 5.82 Å². The predicted octanol–water partition coefficient (Wildman–Crippen LogP) is 2.71. The average molecular weight is 344 g/mol. The number of nitrogens with zero attached hydrogens (tertiary/aromatic N) is 2. The van der Waals surface area contributed by atoms with E-state index in [0.717, 1.165) is 5.56 Å². The minimum atomic E-state index is -0.800. The Labute approximate surface area is 145 Å². The Balaban J connectivity index is 1.92. The second kappa shape index (κ2) is 8.09. The molecule has 0 aliphatic carbocycles. The van der Waals surface area contributed by atoms with Gasteiger partial charge in [0.05, 0.1) is 5.71 Å². The maximum atomic E-state index is 12.0. The molecule has 2 amide bonds. The largest absolute Gasteiger partial charge is 0.382 e. The van der Waals surface area contributed by atoms with Crippen molar-refractivity contribution in [3.05, 3.63) is 41.7 Å². The highest BCUT2D eigenvalue weighted by Crippen LogP contribution is 2.11. The number of benzene rings is 1. The van der Waals surface area contributed by atoms with Gasteiger partial charge < -0.3 is 20.0 Å². The summed E-state index contributed by atoms with van der Waals surface area (Å²) in [6, 6.07) is 8.74. The number of aryl methyl sites for hydroxylation is 1. The van der Waals surface area contributed by atoms with Crippen molar-refractivity contribution in [3.8, 4) is 0 Å². The molecule has 1 aromatic carbocycles. The van der Waals surface area contributed by atoms with Crippen molar-refractivity contribution in [1.82, 2.24) is 5.16 Å². The molecule has 0 saturated heterocycles. The van der Waals surface area contributed by atoms with Crippen LogP contribution in [-0.2, 0) is 14.4 Å². The maximum Gasteiger partial charge on any atom is 0.269 e. The van der Waals surface area contributed by atoms with Crippen LogP contribution in [-0.4, -0.2) is 28.8 Å². The quantitative estimate of drug-likeness (QED) is 0.619. The molecule has 0 aliphatic heterocycles. The molecule has 0 unspecified atom stereocenters. The molecule has 2 rings (SSSR count). The van der Waals surface area contributed by atoms with E-state index in [9.17, 15) is 9.59 Å². The zero-order valence-corrected chi connectivity index (χ0v) is 14.5. The van der Waals surface area contributed by atoms with Gasteiger partial charge >= 0.3 is 0 Å². The van der Waals surface area contributed by atoms with Crippen LogP contribution >= 0.6 is 0 Å². The van der Waals surface area contributed by atoms with Crippen molar-refractivity contribution in [3.63, 3.8) is 0 Å². The summed E-state index contributed by atoms with van der Waals surface area (Å²) in [6.07, 6.45) is -0.800. The Bertz CT molecular complexity index is 780. The number of hydrogen-bond donors (Lipinski definition) is 2. The fourth-order valence-corrected chi connectivity index (χ4v) is 1.91. The van der Waals surface area contributed by atoms with Crippen molar-refractivity contribution in [2.75, 3.05) is 10.6 Å². The lowest BCUT2D eigenvalue weighted by Gasteiger charge is -2.10. The van der Waals surface area contributed by atoms with Crippen LogP contribution in [0.25, 0.3) is 0 Å². The van der Waals surface area contributed by atoms with Crippen LogP contribution in [0.5, 0.6) is 0 Å². The highest BCUT2D eigenvalue weighted by atomic mass is 16.6. The van der Waals surface area contributed by atoms with E-state index in [1.807, 2.05) is 0 Å². The van der Waals surface area contributed by atoms with Crippen molar-refractivity contribution >= 4 is 29.0 Å². The van der Waals surface area contributed by atoms with Crippen molar-refractivity contribution < 1.29 is 18.9 Å². The molecular weight excluding hydrogens is 324 g/mol. The molecular formula is C17H20N4O4. The first-order valence-corrected chi connectivity index (χ1v) is 7.68. The standard InChI is InChI=1S/C17H20N4O4/c1-10-9-16(21-24-10)19-17(23)12(3)25-20-11(2)14-5-7-15(8-6-14)18-13(4)22/h5-9,12H,1-4H3,(H,18,22)(H,19,21,23)/b20-11-/t12-/m1/s1. The molecule has 0 saturated carbocycles. The monoisotopic (exact) mass is 344 g/mol. The first kappa shape index (κ1) is 18.2. The van der Waals surface area contributed by atoms with Crippen LogP contribution in [0.2, 0.25) is 0 Å². The van der Waals surface area contributed by atoms with Crippen molar-refractivity contribution in [2.45, 2.75) is 33.8 Å².